The number of phenols is 1. The number of hydrogen-bond donors (Lipinski definition) is 1. The molecule has 0 radical (unpaired) electrons. The molecule has 0 aliphatic carbocycles. The second-order valence-corrected chi connectivity index (χ2v) is 4.96. The van der Waals surface area contributed by atoms with Crippen molar-refractivity contribution in [2.24, 2.45) is 0 Å². The first-order chi connectivity index (χ1) is 8.16. The van der Waals surface area contributed by atoms with Crippen LogP contribution in [-0.2, 0) is 6.54 Å². The largest absolute Gasteiger partial charge is 0.508 e. The number of phenolic OH excluding ortho intramolecular Hbond substituents is 1. The second kappa shape index (κ2) is 5.37. The first kappa shape index (κ1) is 12.2. The minimum atomic E-state index is 0.403. The van der Waals surface area contributed by atoms with Crippen molar-refractivity contribution in [2.45, 2.75) is 32.7 Å². The maximum absolute atomic E-state index is 9.89. The van der Waals surface area contributed by atoms with Crippen LogP contribution >= 0.6 is 0 Å². The SMILES string of the molecule is C=C(C)c1ccc(O)c(CN2CCCCC2)c1. The molecule has 1 aromatic carbocycles. The molecule has 1 aliphatic rings. The number of allylic oxidation sites excluding steroid dienone is 1. The highest BCUT2D eigenvalue weighted by molar-refractivity contribution is 5.63. The minimum absolute atomic E-state index is 0.403. The zero-order valence-electron chi connectivity index (χ0n) is 10.6. The van der Waals surface area contributed by atoms with Gasteiger partial charge in [0.25, 0.3) is 0 Å². The third kappa shape index (κ3) is 3.10. The highest BCUT2D eigenvalue weighted by Gasteiger charge is 2.12. The van der Waals surface area contributed by atoms with E-state index < -0.39 is 0 Å². The van der Waals surface area contributed by atoms with E-state index in [1.165, 1.54) is 19.3 Å². The molecule has 2 heteroatoms. The van der Waals surface area contributed by atoms with Gasteiger partial charge in [-0.25, -0.2) is 0 Å². The van der Waals surface area contributed by atoms with Crippen molar-refractivity contribution in [2.75, 3.05) is 13.1 Å². The molecule has 92 valence electrons. The van der Waals surface area contributed by atoms with E-state index in [0.29, 0.717) is 5.75 Å². The highest BCUT2D eigenvalue weighted by Crippen LogP contribution is 2.24. The third-order valence-corrected chi connectivity index (χ3v) is 3.41. The summed E-state index contributed by atoms with van der Waals surface area (Å²) in [6.07, 6.45) is 3.90. The molecule has 1 heterocycles. The zero-order chi connectivity index (χ0) is 12.3. The molecule has 1 aromatic rings. The fourth-order valence-electron chi connectivity index (χ4n) is 2.34. The summed E-state index contributed by atoms with van der Waals surface area (Å²) in [7, 11) is 0. The van der Waals surface area contributed by atoms with Gasteiger partial charge < -0.3 is 5.11 Å². The zero-order valence-corrected chi connectivity index (χ0v) is 10.6. The van der Waals surface area contributed by atoms with Gasteiger partial charge in [-0.1, -0.05) is 24.6 Å². The van der Waals surface area contributed by atoms with Crippen molar-refractivity contribution in [1.82, 2.24) is 4.90 Å². The molecule has 1 N–H and O–H groups in total. The smallest absolute Gasteiger partial charge is 0.120 e. The van der Waals surface area contributed by atoms with Crippen LogP contribution in [0.5, 0.6) is 5.75 Å². The molecule has 0 aromatic heterocycles. The van der Waals surface area contributed by atoms with Crippen LogP contribution in [0, 0.1) is 0 Å². The van der Waals surface area contributed by atoms with Gasteiger partial charge in [0.05, 0.1) is 0 Å². The summed E-state index contributed by atoms with van der Waals surface area (Å²) in [5.41, 5.74) is 3.19. The van der Waals surface area contributed by atoms with Gasteiger partial charge in [0.15, 0.2) is 0 Å². The predicted molar refractivity (Wildman–Crippen MR) is 71.9 cm³/mol. The molecule has 0 saturated carbocycles. The van der Waals surface area contributed by atoms with Crippen LogP contribution in [0.25, 0.3) is 5.57 Å². The van der Waals surface area contributed by atoms with Crippen molar-refractivity contribution < 1.29 is 5.11 Å². The Kier molecular flexibility index (Phi) is 3.85. The van der Waals surface area contributed by atoms with Gasteiger partial charge in [-0.15, -0.1) is 0 Å². The molecule has 0 amide bonds. The Hall–Kier alpha value is -1.28. The van der Waals surface area contributed by atoms with E-state index in [2.05, 4.69) is 17.5 Å². The molecule has 17 heavy (non-hydrogen) atoms. The standard InChI is InChI=1S/C15H21NO/c1-12(2)13-6-7-15(17)14(10-13)11-16-8-4-3-5-9-16/h6-7,10,17H,1,3-5,8-9,11H2,2H3. The van der Waals surface area contributed by atoms with E-state index in [1.807, 2.05) is 13.0 Å². The van der Waals surface area contributed by atoms with Crippen molar-refractivity contribution in [3.05, 3.63) is 35.9 Å². The monoisotopic (exact) mass is 231 g/mol. The van der Waals surface area contributed by atoms with Gasteiger partial charge in [-0.2, -0.15) is 0 Å². The lowest BCUT2D eigenvalue weighted by Gasteiger charge is -2.26. The highest BCUT2D eigenvalue weighted by atomic mass is 16.3. The molecule has 1 saturated heterocycles. The average Bonchev–Trinajstić information content (AvgIpc) is 2.33. The summed E-state index contributed by atoms with van der Waals surface area (Å²) in [6, 6.07) is 5.77. The Morgan fingerprint density at radius 1 is 1.29 bits per heavy atom. The summed E-state index contributed by atoms with van der Waals surface area (Å²) >= 11 is 0. The number of benzene rings is 1. The van der Waals surface area contributed by atoms with Crippen molar-refractivity contribution in [3.63, 3.8) is 0 Å². The summed E-state index contributed by atoms with van der Waals surface area (Å²) < 4.78 is 0. The molecule has 0 atom stereocenters. The quantitative estimate of drug-likeness (QED) is 0.861. The molecule has 2 nitrogen and oxygen atoms in total. The summed E-state index contributed by atoms with van der Waals surface area (Å²) in [5.74, 6) is 0.403. The Morgan fingerprint density at radius 2 is 2.00 bits per heavy atom. The van der Waals surface area contributed by atoms with Crippen LogP contribution in [0.3, 0.4) is 0 Å². The van der Waals surface area contributed by atoms with E-state index in [9.17, 15) is 5.11 Å². The normalized spacial score (nSPS) is 17.0. The first-order valence-electron chi connectivity index (χ1n) is 6.37. The Morgan fingerprint density at radius 3 is 2.65 bits per heavy atom. The minimum Gasteiger partial charge on any atom is -0.508 e. The van der Waals surface area contributed by atoms with Crippen LogP contribution in [0.1, 0.15) is 37.3 Å². The summed E-state index contributed by atoms with van der Waals surface area (Å²) in [4.78, 5) is 2.42. The lowest BCUT2D eigenvalue weighted by atomic mass is 10.0. The van der Waals surface area contributed by atoms with Gasteiger partial charge >= 0.3 is 0 Å². The van der Waals surface area contributed by atoms with E-state index >= 15 is 0 Å². The van der Waals surface area contributed by atoms with Crippen molar-refractivity contribution in [3.8, 4) is 5.75 Å². The van der Waals surface area contributed by atoms with Crippen LogP contribution in [-0.4, -0.2) is 23.1 Å². The molecule has 0 spiro atoms. The number of hydrogen-bond acceptors (Lipinski definition) is 2. The summed E-state index contributed by atoms with van der Waals surface area (Å²) in [6.45, 7) is 9.10. The van der Waals surface area contributed by atoms with Crippen molar-refractivity contribution >= 4 is 5.57 Å². The maximum atomic E-state index is 9.89. The van der Waals surface area contributed by atoms with Crippen LogP contribution in [0.15, 0.2) is 24.8 Å². The maximum Gasteiger partial charge on any atom is 0.120 e. The van der Waals surface area contributed by atoms with Crippen molar-refractivity contribution in [1.29, 1.82) is 0 Å². The summed E-state index contributed by atoms with van der Waals surface area (Å²) in [5, 5.41) is 9.89. The lowest BCUT2D eigenvalue weighted by molar-refractivity contribution is 0.218. The first-order valence-corrected chi connectivity index (χ1v) is 6.37. The second-order valence-electron chi connectivity index (χ2n) is 4.96. The molecule has 2 rings (SSSR count). The number of piperidine rings is 1. The Balaban J connectivity index is 2.13. The number of aromatic hydroxyl groups is 1. The predicted octanol–water partition coefficient (Wildman–Crippen LogP) is 3.41. The van der Waals surface area contributed by atoms with Gasteiger partial charge in [0.2, 0.25) is 0 Å². The molecule has 0 bridgehead atoms. The van der Waals surface area contributed by atoms with Crippen LogP contribution in [0.2, 0.25) is 0 Å². The number of nitrogens with zero attached hydrogens (tertiary/aromatic N) is 1. The van der Waals surface area contributed by atoms with Gasteiger partial charge in [-0.05, 0) is 50.6 Å². The number of rotatable bonds is 3. The van der Waals surface area contributed by atoms with Gasteiger partial charge in [-0.3, -0.25) is 4.90 Å². The van der Waals surface area contributed by atoms with E-state index in [0.717, 1.165) is 36.3 Å². The van der Waals surface area contributed by atoms with Crippen LogP contribution in [0.4, 0.5) is 0 Å². The fourth-order valence-corrected chi connectivity index (χ4v) is 2.34. The van der Waals surface area contributed by atoms with E-state index in [1.54, 1.807) is 6.07 Å². The molecule has 1 fully saturated rings. The van der Waals surface area contributed by atoms with Gasteiger partial charge in [0.1, 0.15) is 5.75 Å². The Bertz CT molecular complexity index is 405. The number of likely N-dealkylation sites (tertiary alicyclic amines) is 1. The van der Waals surface area contributed by atoms with Gasteiger partial charge in [0, 0.05) is 12.1 Å². The Labute approximate surface area is 104 Å². The molecular weight excluding hydrogens is 210 g/mol. The lowest BCUT2D eigenvalue weighted by Crippen LogP contribution is -2.29. The molecule has 1 aliphatic heterocycles. The molecular formula is C15H21NO. The average molecular weight is 231 g/mol. The molecule has 0 unspecified atom stereocenters. The third-order valence-electron chi connectivity index (χ3n) is 3.41. The van der Waals surface area contributed by atoms with Crippen LogP contribution < -0.4 is 0 Å². The van der Waals surface area contributed by atoms with E-state index in [-0.39, 0.29) is 0 Å². The fraction of sp³-hybridized carbons (Fsp3) is 0.467. The van der Waals surface area contributed by atoms with E-state index in [4.69, 9.17) is 0 Å². The topological polar surface area (TPSA) is 23.5 Å².